The minimum absolute atomic E-state index is 0.0434. The number of ether oxygens (including phenoxy) is 1. The first-order valence-corrected chi connectivity index (χ1v) is 5.71. The Balaban J connectivity index is 2.19. The second kappa shape index (κ2) is 3.99. The number of esters is 1. The van der Waals surface area contributed by atoms with Crippen molar-refractivity contribution in [3.8, 4) is 0 Å². The Labute approximate surface area is 112 Å². The lowest BCUT2D eigenvalue weighted by atomic mass is 10.0. The van der Waals surface area contributed by atoms with E-state index < -0.39 is 17.8 Å². The number of cyclic esters (lactones) is 1. The summed E-state index contributed by atoms with van der Waals surface area (Å²) in [6, 6.07) is 6.53. The van der Waals surface area contributed by atoms with E-state index in [1.54, 1.807) is 24.3 Å². The summed E-state index contributed by atoms with van der Waals surface area (Å²) >= 11 is 4.69. The molecule has 6 nitrogen and oxygen atoms in total. The molecule has 1 saturated heterocycles. The summed E-state index contributed by atoms with van der Waals surface area (Å²) in [6.45, 7) is 0. The highest BCUT2D eigenvalue weighted by Gasteiger charge is 2.36. The molecule has 1 aromatic carbocycles. The Morgan fingerprint density at radius 1 is 0.947 bits per heavy atom. The molecule has 0 aliphatic carbocycles. The molecule has 1 fully saturated rings. The van der Waals surface area contributed by atoms with Crippen LogP contribution < -0.4 is 10.6 Å². The van der Waals surface area contributed by atoms with Crippen molar-refractivity contribution in [1.29, 1.82) is 0 Å². The molecule has 2 amide bonds. The number of hydrogen-bond donors (Lipinski definition) is 2. The molecule has 0 atom stereocenters. The van der Waals surface area contributed by atoms with Crippen LogP contribution in [0.3, 0.4) is 0 Å². The highest BCUT2D eigenvalue weighted by molar-refractivity contribution is 7.80. The molecule has 0 radical (unpaired) electrons. The molecule has 2 aliphatic rings. The molecule has 0 saturated carbocycles. The van der Waals surface area contributed by atoms with Crippen molar-refractivity contribution in [1.82, 2.24) is 10.6 Å². The van der Waals surface area contributed by atoms with E-state index in [0.29, 0.717) is 11.1 Å². The Hall–Kier alpha value is -2.54. The van der Waals surface area contributed by atoms with E-state index in [1.807, 2.05) is 0 Å². The summed E-state index contributed by atoms with van der Waals surface area (Å²) in [5.41, 5.74) is 0.478. The van der Waals surface area contributed by atoms with Crippen LogP contribution in [0.4, 0.5) is 0 Å². The molecule has 0 bridgehead atoms. The number of benzene rings is 1. The van der Waals surface area contributed by atoms with Crippen LogP contribution in [0, 0.1) is 0 Å². The van der Waals surface area contributed by atoms with Crippen molar-refractivity contribution < 1.29 is 19.1 Å². The van der Waals surface area contributed by atoms with E-state index in [0.717, 1.165) is 0 Å². The summed E-state index contributed by atoms with van der Waals surface area (Å²) in [5, 5.41) is 4.52. The average molecular weight is 274 g/mol. The van der Waals surface area contributed by atoms with Gasteiger partial charge in [-0.2, -0.15) is 0 Å². The summed E-state index contributed by atoms with van der Waals surface area (Å²) in [6.07, 6.45) is 0. The van der Waals surface area contributed by atoms with Gasteiger partial charge in [0.15, 0.2) is 10.9 Å². The van der Waals surface area contributed by atoms with Crippen LogP contribution in [0.2, 0.25) is 0 Å². The fourth-order valence-electron chi connectivity index (χ4n) is 1.92. The lowest BCUT2D eigenvalue weighted by molar-refractivity contribution is -0.123. The zero-order valence-corrected chi connectivity index (χ0v) is 10.2. The second-order valence-electron chi connectivity index (χ2n) is 3.88. The number of fused-ring (bicyclic) bond motifs is 1. The van der Waals surface area contributed by atoms with E-state index in [1.165, 1.54) is 0 Å². The SMILES string of the molecule is O=C1NC(=S)NC(=O)C1=C1OC(=O)c2ccccc21. The van der Waals surface area contributed by atoms with Gasteiger partial charge in [0.2, 0.25) is 0 Å². The molecule has 1 aromatic rings. The molecule has 7 heteroatoms. The third-order valence-electron chi connectivity index (χ3n) is 2.72. The standard InChI is InChI=1S/C12H6N2O4S/c15-9-7(10(16)14-12(19)13-9)8-5-3-1-2-4-6(5)11(17)18-8/h1-4H,(H2,13,14,15,16,19). The number of carbonyl (C=O) groups excluding carboxylic acids is 3. The van der Waals surface area contributed by atoms with E-state index in [-0.39, 0.29) is 16.4 Å². The topological polar surface area (TPSA) is 84.5 Å². The maximum Gasteiger partial charge on any atom is 0.344 e. The summed E-state index contributed by atoms with van der Waals surface area (Å²) in [7, 11) is 0. The number of amides is 2. The van der Waals surface area contributed by atoms with Gasteiger partial charge >= 0.3 is 5.97 Å². The van der Waals surface area contributed by atoms with E-state index in [4.69, 9.17) is 17.0 Å². The number of thiocarbonyl (C=S) groups is 1. The van der Waals surface area contributed by atoms with Crippen LogP contribution in [-0.4, -0.2) is 22.9 Å². The predicted octanol–water partition coefficient (Wildman–Crippen LogP) is 0.0990. The Bertz CT molecular complexity index is 671. The van der Waals surface area contributed by atoms with Gasteiger partial charge in [-0.25, -0.2) is 4.79 Å². The molecule has 94 valence electrons. The molecule has 2 aliphatic heterocycles. The highest BCUT2D eigenvalue weighted by Crippen LogP contribution is 2.32. The smallest absolute Gasteiger partial charge is 0.344 e. The maximum absolute atomic E-state index is 11.8. The van der Waals surface area contributed by atoms with Gasteiger partial charge < -0.3 is 4.74 Å². The van der Waals surface area contributed by atoms with Crippen molar-refractivity contribution >= 4 is 40.9 Å². The first kappa shape index (κ1) is 11.5. The fourth-order valence-corrected chi connectivity index (χ4v) is 2.10. The third-order valence-corrected chi connectivity index (χ3v) is 2.93. The normalized spacial score (nSPS) is 17.9. The first-order chi connectivity index (χ1) is 9.08. The van der Waals surface area contributed by atoms with Gasteiger partial charge in [-0.3, -0.25) is 20.2 Å². The second-order valence-corrected chi connectivity index (χ2v) is 4.28. The molecule has 2 N–H and O–H groups in total. The van der Waals surface area contributed by atoms with E-state index >= 15 is 0 Å². The summed E-state index contributed by atoms with van der Waals surface area (Å²) in [5.74, 6) is -2.01. The maximum atomic E-state index is 11.8. The van der Waals surface area contributed by atoms with Crippen molar-refractivity contribution in [3.63, 3.8) is 0 Å². The third kappa shape index (κ3) is 1.71. The molecule has 0 spiro atoms. The Kier molecular flexibility index (Phi) is 2.42. The molecule has 2 heterocycles. The van der Waals surface area contributed by atoms with Gasteiger partial charge in [0.25, 0.3) is 11.8 Å². The number of hydrogen-bond acceptors (Lipinski definition) is 5. The quantitative estimate of drug-likeness (QED) is 0.303. The zero-order chi connectivity index (χ0) is 13.6. The Morgan fingerprint density at radius 2 is 1.53 bits per heavy atom. The van der Waals surface area contributed by atoms with Gasteiger partial charge in [0, 0.05) is 5.56 Å². The minimum atomic E-state index is -0.687. The van der Waals surface area contributed by atoms with Gasteiger partial charge in [-0.05, 0) is 18.3 Å². The van der Waals surface area contributed by atoms with Crippen molar-refractivity contribution in [2.24, 2.45) is 0 Å². The lowest BCUT2D eigenvalue weighted by Crippen LogP contribution is -2.51. The molecule has 3 rings (SSSR count). The first-order valence-electron chi connectivity index (χ1n) is 5.30. The lowest BCUT2D eigenvalue weighted by Gasteiger charge is -2.17. The molecule has 19 heavy (non-hydrogen) atoms. The summed E-state index contributed by atoms with van der Waals surface area (Å²) in [4.78, 5) is 35.3. The monoisotopic (exact) mass is 274 g/mol. The fraction of sp³-hybridized carbons (Fsp3) is 0. The van der Waals surface area contributed by atoms with Crippen molar-refractivity contribution in [3.05, 3.63) is 41.0 Å². The van der Waals surface area contributed by atoms with Gasteiger partial charge in [0.05, 0.1) is 5.56 Å². The Morgan fingerprint density at radius 3 is 2.16 bits per heavy atom. The average Bonchev–Trinajstić information content (AvgIpc) is 2.67. The zero-order valence-electron chi connectivity index (χ0n) is 9.35. The molecule has 0 aromatic heterocycles. The summed E-state index contributed by atoms with van der Waals surface area (Å²) < 4.78 is 5.02. The van der Waals surface area contributed by atoms with E-state index in [2.05, 4.69) is 10.6 Å². The highest BCUT2D eigenvalue weighted by atomic mass is 32.1. The van der Waals surface area contributed by atoms with Crippen LogP contribution in [0.1, 0.15) is 15.9 Å². The van der Waals surface area contributed by atoms with Crippen LogP contribution in [0.25, 0.3) is 5.76 Å². The molecular weight excluding hydrogens is 268 g/mol. The van der Waals surface area contributed by atoms with Crippen LogP contribution in [-0.2, 0) is 14.3 Å². The van der Waals surface area contributed by atoms with E-state index in [9.17, 15) is 14.4 Å². The molecule has 0 unspecified atom stereocenters. The van der Waals surface area contributed by atoms with Crippen LogP contribution in [0.5, 0.6) is 0 Å². The number of rotatable bonds is 0. The van der Waals surface area contributed by atoms with Crippen molar-refractivity contribution in [2.75, 3.05) is 0 Å². The van der Waals surface area contributed by atoms with Crippen LogP contribution in [0.15, 0.2) is 29.8 Å². The predicted molar refractivity (Wildman–Crippen MR) is 67.7 cm³/mol. The number of nitrogens with one attached hydrogen (secondary N) is 2. The van der Waals surface area contributed by atoms with Crippen molar-refractivity contribution in [2.45, 2.75) is 0 Å². The minimum Gasteiger partial charge on any atom is -0.421 e. The largest absolute Gasteiger partial charge is 0.421 e. The van der Waals surface area contributed by atoms with Crippen LogP contribution >= 0.6 is 12.2 Å². The molecular formula is C12H6N2O4S. The van der Waals surface area contributed by atoms with Gasteiger partial charge in [-0.1, -0.05) is 18.2 Å². The number of carbonyl (C=O) groups is 3. The van der Waals surface area contributed by atoms with Gasteiger partial charge in [0.1, 0.15) is 5.57 Å². The van der Waals surface area contributed by atoms with Gasteiger partial charge in [-0.15, -0.1) is 0 Å².